The molecule has 5 nitrogen and oxygen atoms in total. The van der Waals surface area contributed by atoms with Crippen LogP contribution in [0.5, 0.6) is 5.75 Å². The molecule has 0 unspecified atom stereocenters. The van der Waals surface area contributed by atoms with Crippen molar-refractivity contribution in [1.29, 1.82) is 0 Å². The van der Waals surface area contributed by atoms with E-state index in [9.17, 15) is 4.79 Å². The Morgan fingerprint density at radius 2 is 2.04 bits per heavy atom. The van der Waals surface area contributed by atoms with E-state index in [2.05, 4.69) is 9.88 Å². The van der Waals surface area contributed by atoms with Gasteiger partial charge in [0.15, 0.2) is 0 Å². The van der Waals surface area contributed by atoms with Crippen molar-refractivity contribution in [1.82, 2.24) is 14.8 Å². The molecule has 0 spiro atoms. The third-order valence-corrected chi connectivity index (χ3v) is 5.09. The summed E-state index contributed by atoms with van der Waals surface area (Å²) in [6.45, 7) is 6.47. The number of para-hydroxylation sites is 1. The van der Waals surface area contributed by atoms with Crippen molar-refractivity contribution in [3.63, 3.8) is 0 Å². The molecular weight excluding hydrogens is 346 g/mol. The molecule has 0 bridgehead atoms. The van der Waals surface area contributed by atoms with Crippen LogP contribution in [0.4, 0.5) is 0 Å². The number of hydrogen-bond acceptors (Lipinski definition) is 5. The molecule has 1 aliphatic rings. The lowest BCUT2D eigenvalue weighted by Crippen LogP contribution is -2.49. The summed E-state index contributed by atoms with van der Waals surface area (Å²) in [4.78, 5) is 20.8. The Morgan fingerprint density at radius 1 is 1.29 bits per heavy atom. The van der Waals surface area contributed by atoms with Crippen LogP contribution in [0.25, 0.3) is 0 Å². The molecule has 0 saturated carbocycles. The monoisotopic (exact) mass is 365 g/mol. The second-order valence-electron chi connectivity index (χ2n) is 5.66. The predicted octanol–water partition coefficient (Wildman–Crippen LogP) is 2.94. The summed E-state index contributed by atoms with van der Waals surface area (Å²) in [7, 11) is 0. The number of aryl methyl sites for hydroxylation is 1. The minimum absolute atomic E-state index is 0.0336. The van der Waals surface area contributed by atoms with E-state index in [1.54, 1.807) is 0 Å². The van der Waals surface area contributed by atoms with E-state index in [-0.39, 0.29) is 5.91 Å². The van der Waals surface area contributed by atoms with Gasteiger partial charge in [0.2, 0.25) is 0 Å². The Balaban J connectivity index is 1.42. The Hall–Kier alpha value is -1.63. The summed E-state index contributed by atoms with van der Waals surface area (Å²) in [5, 5.41) is 3.39. The number of ether oxygens (including phenoxy) is 1. The highest BCUT2D eigenvalue weighted by Gasteiger charge is 2.23. The van der Waals surface area contributed by atoms with Crippen LogP contribution < -0.4 is 4.74 Å². The number of carbonyl (C=O) groups excluding carboxylic acids is 1. The van der Waals surface area contributed by atoms with E-state index in [1.165, 1.54) is 11.3 Å². The minimum Gasteiger partial charge on any atom is -0.491 e. The van der Waals surface area contributed by atoms with Gasteiger partial charge in [0.1, 0.15) is 18.1 Å². The van der Waals surface area contributed by atoms with E-state index >= 15 is 0 Å². The molecule has 0 N–H and O–H groups in total. The van der Waals surface area contributed by atoms with E-state index < -0.39 is 0 Å². The average Bonchev–Trinajstić information content (AvgIpc) is 3.03. The van der Waals surface area contributed by atoms with Crippen molar-refractivity contribution in [2.75, 3.05) is 39.3 Å². The molecule has 0 atom stereocenters. The first-order valence-electron chi connectivity index (χ1n) is 7.94. The van der Waals surface area contributed by atoms with Crippen molar-refractivity contribution in [3.8, 4) is 5.75 Å². The summed E-state index contributed by atoms with van der Waals surface area (Å²) in [5.41, 5.74) is 0.563. The molecule has 3 rings (SSSR count). The molecule has 1 aromatic carbocycles. The Morgan fingerprint density at radius 3 is 2.71 bits per heavy atom. The maximum absolute atomic E-state index is 12.4. The Labute approximate surface area is 150 Å². The molecular formula is C17H20ClN3O2S. The summed E-state index contributed by atoms with van der Waals surface area (Å²) in [5.74, 6) is 0.748. The van der Waals surface area contributed by atoms with Gasteiger partial charge >= 0.3 is 0 Å². The lowest BCUT2D eigenvalue weighted by molar-refractivity contribution is 0.0615. The fraction of sp³-hybridized carbons (Fsp3) is 0.412. The summed E-state index contributed by atoms with van der Waals surface area (Å²) >= 11 is 7.58. The first-order valence-corrected chi connectivity index (χ1v) is 9.20. The van der Waals surface area contributed by atoms with Crippen molar-refractivity contribution in [2.24, 2.45) is 0 Å². The molecule has 1 saturated heterocycles. The first kappa shape index (κ1) is 17.2. The number of benzene rings is 1. The highest BCUT2D eigenvalue weighted by Crippen LogP contribution is 2.23. The van der Waals surface area contributed by atoms with Gasteiger partial charge in [-0.25, -0.2) is 4.98 Å². The molecule has 1 fully saturated rings. The molecule has 0 aliphatic carbocycles. The number of halogens is 1. The normalized spacial score (nSPS) is 15.5. The molecule has 1 aliphatic heterocycles. The molecule has 7 heteroatoms. The van der Waals surface area contributed by atoms with Crippen LogP contribution in [-0.2, 0) is 0 Å². The van der Waals surface area contributed by atoms with Crippen LogP contribution in [0.1, 0.15) is 15.5 Å². The average molecular weight is 366 g/mol. The Bertz CT molecular complexity index is 699. The zero-order valence-electron chi connectivity index (χ0n) is 13.6. The van der Waals surface area contributed by atoms with E-state index in [0.717, 1.165) is 37.7 Å². The minimum atomic E-state index is 0.0336. The molecule has 1 amide bonds. The van der Waals surface area contributed by atoms with Gasteiger partial charge in [0.05, 0.1) is 10.0 Å². The quantitative estimate of drug-likeness (QED) is 0.817. The largest absolute Gasteiger partial charge is 0.491 e. The zero-order valence-corrected chi connectivity index (χ0v) is 15.1. The molecule has 128 valence electrons. The first-order chi connectivity index (χ1) is 11.6. The van der Waals surface area contributed by atoms with E-state index in [0.29, 0.717) is 23.1 Å². The van der Waals surface area contributed by atoms with Gasteiger partial charge in [-0.3, -0.25) is 9.69 Å². The SMILES string of the molecule is Cc1nc(C(=O)N2CCN(CCOc3ccccc3Cl)CC2)cs1. The van der Waals surface area contributed by atoms with Crippen molar-refractivity contribution in [3.05, 3.63) is 45.4 Å². The molecule has 24 heavy (non-hydrogen) atoms. The Kier molecular flexibility index (Phi) is 5.71. The second kappa shape index (κ2) is 7.96. The summed E-state index contributed by atoms with van der Waals surface area (Å²) in [6.07, 6.45) is 0. The van der Waals surface area contributed by atoms with Gasteiger partial charge in [-0.1, -0.05) is 23.7 Å². The highest BCUT2D eigenvalue weighted by molar-refractivity contribution is 7.09. The van der Waals surface area contributed by atoms with E-state index in [1.807, 2.05) is 41.5 Å². The van der Waals surface area contributed by atoms with Crippen molar-refractivity contribution in [2.45, 2.75) is 6.92 Å². The lowest BCUT2D eigenvalue weighted by Gasteiger charge is -2.34. The van der Waals surface area contributed by atoms with Gasteiger partial charge in [-0.2, -0.15) is 0 Å². The molecule has 0 radical (unpaired) electrons. The zero-order chi connectivity index (χ0) is 16.9. The van der Waals surface area contributed by atoms with Crippen LogP contribution in [0.15, 0.2) is 29.6 Å². The smallest absolute Gasteiger partial charge is 0.273 e. The maximum atomic E-state index is 12.4. The van der Waals surface area contributed by atoms with Crippen LogP contribution in [-0.4, -0.2) is 60.0 Å². The van der Waals surface area contributed by atoms with Crippen molar-refractivity contribution < 1.29 is 9.53 Å². The van der Waals surface area contributed by atoms with Crippen LogP contribution in [0, 0.1) is 6.92 Å². The number of hydrogen-bond donors (Lipinski definition) is 0. The standard InChI is InChI=1S/C17H20ClN3O2S/c1-13-19-15(12-24-13)17(22)21-8-6-20(7-9-21)10-11-23-16-5-3-2-4-14(16)18/h2-5,12H,6-11H2,1H3. The molecule has 1 aromatic heterocycles. The van der Waals surface area contributed by atoms with E-state index in [4.69, 9.17) is 16.3 Å². The molecule has 2 heterocycles. The number of nitrogens with zero attached hydrogens (tertiary/aromatic N) is 3. The number of piperazine rings is 1. The third-order valence-electron chi connectivity index (χ3n) is 4.00. The topological polar surface area (TPSA) is 45.7 Å². The maximum Gasteiger partial charge on any atom is 0.273 e. The van der Waals surface area contributed by atoms with Gasteiger partial charge in [0.25, 0.3) is 5.91 Å². The number of amides is 1. The number of thiazole rings is 1. The van der Waals surface area contributed by atoms with Gasteiger partial charge in [0, 0.05) is 38.1 Å². The number of rotatable bonds is 5. The van der Waals surface area contributed by atoms with Gasteiger partial charge in [-0.05, 0) is 19.1 Å². The number of carbonyl (C=O) groups is 1. The summed E-state index contributed by atoms with van der Waals surface area (Å²) < 4.78 is 5.72. The fourth-order valence-electron chi connectivity index (χ4n) is 2.64. The van der Waals surface area contributed by atoms with Crippen LogP contribution >= 0.6 is 22.9 Å². The predicted molar refractivity (Wildman–Crippen MR) is 96.1 cm³/mol. The van der Waals surface area contributed by atoms with Crippen LogP contribution in [0.2, 0.25) is 5.02 Å². The van der Waals surface area contributed by atoms with Crippen LogP contribution in [0.3, 0.4) is 0 Å². The second-order valence-corrected chi connectivity index (χ2v) is 7.13. The fourth-order valence-corrected chi connectivity index (χ4v) is 3.42. The molecule has 2 aromatic rings. The number of aromatic nitrogens is 1. The third kappa shape index (κ3) is 4.26. The highest BCUT2D eigenvalue weighted by atomic mass is 35.5. The van der Waals surface area contributed by atoms with Crippen molar-refractivity contribution >= 4 is 28.8 Å². The summed E-state index contributed by atoms with van der Waals surface area (Å²) in [6, 6.07) is 7.48. The van der Waals surface area contributed by atoms with Gasteiger partial charge < -0.3 is 9.64 Å². The lowest BCUT2D eigenvalue weighted by atomic mass is 10.3. The van der Waals surface area contributed by atoms with Gasteiger partial charge in [-0.15, -0.1) is 11.3 Å².